The lowest BCUT2D eigenvalue weighted by atomic mass is 10.1. The van der Waals surface area contributed by atoms with Crippen molar-refractivity contribution in [1.82, 2.24) is 5.32 Å². The topological polar surface area (TPSA) is 25.2 Å². The standard InChI is InChI=1S/C11H16F3NO/c1-9(15-7-6-11(12,13)14)4-5-10-3-2-8-16-10/h2-3,8-9,15H,4-7H2,1H3. The molecule has 1 aromatic heterocycles. The second kappa shape index (κ2) is 5.94. The van der Waals surface area contributed by atoms with Gasteiger partial charge in [0, 0.05) is 19.0 Å². The largest absolute Gasteiger partial charge is 0.469 e. The first-order valence-electron chi connectivity index (χ1n) is 5.30. The van der Waals surface area contributed by atoms with Gasteiger partial charge in [0.2, 0.25) is 0 Å². The van der Waals surface area contributed by atoms with E-state index < -0.39 is 12.6 Å². The number of hydrogen-bond donors (Lipinski definition) is 1. The van der Waals surface area contributed by atoms with Gasteiger partial charge in [-0.3, -0.25) is 0 Å². The molecule has 0 fully saturated rings. The van der Waals surface area contributed by atoms with Crippen LogP contribution in [-0.2, 0) is 6.42 Å². The Bertz CT molecular complexity index is 282. The molecule has 1 unspecified atom stereocenters. The van der Waals surface area contributed by atoms with Gasteiger partial charge in [0.05, 0.1) is 12.7 Å². The third-order valence-corrected chi connectivity index (χ3v) is 2.31. The van der Waals surface area contributed by atoms with Gasteiger partial charge in [-0.15, -0.1) is 0 Å². The normalized spacial score (nSPS) is 14.0. The minimum Gasteiger partial charge on any atom is -0.469 e. The lowest BCUT2D eigenvalue weighted by molar-refractivity contribution is -0.133. The van der Waals surface area contributed by atoms with Crippen LogP contribution in [0.2, 0.25) is 0 Å². The predicted molar refractivity (Wildman–Crippen MR) is 55.2 cm³/mol. The van der Waals surface area contributed by atoms with Crippen molar-refractivity contribution in [3.05, 3.63) is 24.2 Å². The Kier molecular flexibility index (Phi) is 4.86. The van der Waals surface area contributed by atoms with Crippen molar-refractivity contribution in [1.29, 1.82) is 0 Å². The van der Waals surface area contributed by atoms with E-state index in [2.05, 4.69) is 5.32 Å². The highest BCUT2D eigenvalue weighted by Crippen LogP contribution is 2.18. The first kappa shape index (κ1) is 13.1. The molecule has 1 atom stereocenters. The van der Waals surface area contributed by atoms with Crippen LogP contribution < -0.4 is 5.32 Å². The van der Waals surface area contributed by atoms with Crippen molar-refractivity contribution < 1.29 is 17.6 Å². The summed E-state index contributed by atoms with van der Waals surface area (Å²) in [5.74, 6) is 0.865. The zero-order valence-electron chi connectivity index (χ0n) is 9.18. The Morgan fingerprint density at radius 1 is 1.44 bits per heavy atom. The van der Waals surface area contributed by atoms with Gasteiger partial charge >= 0.3 is 6.18 Å². The lowest BCUT2D eigenvalue weighted by Crippen LogP contribution is -2.30. The van der Waals surface area contributed by atoms with Crippen molar-refractivity contribution in [2.75, 3.05) is 6.54 Å². The molecule has 0 aliphatic carbocycles. The smallest absolute Gasteiger partial charge is 0.390 e. The van der Waals surface area contributed by atoms with Crippen molar-refractivity contribution in [2.24, 2.45) is 0 Å². The maximum Gasteiger partial charge on any atom is 0.390 e. The molecule has 0 aromatic carbocycles. The average Bonchev–Trinajstić information content (AvgIpc) is 2.65. The monoisotopic (exact) mass is 235 g/mol. The van der Waals surface area contributed by atoms with Crippen molar-refractivity contribution in [3.8, 4) is 0 Å². The van der Waals surface area contributed by atoms with Crippen LogP contribution in [0.25, 0.3) is 0 Å². The molecule has 1 N–H and O–H groups in total. The molecule has 0 bridgehead atoms. The molecule has 1 rings (SSSR count). The molecule has 0 radical (unpaired) electrons. The molecular formula is C11H16F3NO. The van der Waals surface area contributed by atoms with Crippen LogP contribution in [0.3, 0.4) is 0 Å². The van der Waals surface area contributed by atoms with Crippen LogP contribution >= 0.6 is 0 Å². The summed E-state index contributed by atoms with van der Waals surface area (Å²) < 4.78 is 40.7. The van der Waals surface area contributed by atoms with Crippen molar-refractivity contribution in [2.45, 2.75) is 38.4 Å². The quantitative estimate of drug-likeness (QED) is 0.819. The van der Waals surface area contributed by atoms with Gasteiger partial charge < -0.3 is 9.73 Å². The molecule has 5 heteroatoms. The molecule has 1 aromatic rings. The number of hydrogen-bond acceptors (Lipinski definition) is 2. The summed E-state index contributed by atoms with van der Waals surface area (Å²) in [6.45, 7) is 1.85. The van der Waals surface area contributed by atoms with Crippen LogP contribution in [0.15, 0.2) is 22.8 Å². The van der Waals surface area contributed by atoms with Gasteiger partial charge in [-0.2, -0.15) is 13.2 Å². The summed E-state index contributed by atoms with van der Waals surface area (Å²) in [4.78, 5) is 0. The van der Waals surface area contributed by atoms with Gasteiger partial charge in [0.1, 0.15) is 5.76 Å². The third kappa shape index (κ3) is 5.80. The van der Waals surface area contributed by atoms with Gasteiger partial charge in [-0.25, -0.2) is 0 Å². The fourth-order valence-electron chi connectivity index (χ4n) is 1.38. The summed E-state index contributed by atoms with van der Waals surface area (Å²) in [5, 5.41) is 2.84. The van der Waals surface area contributed by atoms with E-state index in [1.165, 1.54) is 0 Å². The molecule has 0 amide bonds. The van der Waals surface area contributed by atoms with Crippen LogP contribution in [0.1, 0.15) is 25.5 Å². The lowest BCUT2D eigenvalue weighted by Gasteiger charge is -2.13. The number of aryl methyl sites for hydroxylation is 1. The Balaban J connectivity index is 2.09. The molecular weight excluding hydrogens is 219 g/mol. The van der Waals surface area contributed by atoms with Crippen molar-refractivity contribution >= 4 is 0 Å². The van der Waals surface area contributed by atoms with Crippen LogP contribution in [0, 0.1) is 0 Å². The second-order valence-corrected chi connectivity index (χ2v) is 3.84. The highest BCUT2D eigenvalue weighted by atomic mass is 19.4. The Morgan fingerprint density at radius 3 is 2.75 bits per heavy atom. The van der Waals surface area contributed by atoms with Gasteiger partial charge in [0.25, 0.3) is 0 Å². The minimum absolute atomic E-state index is 0.0250. The Labute approximate surface area is 92.8 Å². The van der Waals surface area contributed by atoms with Crippen LogP contribution in [0.4, 0.5) is 13.2 Å². The molecule has 1 heterocycles. The highest BCUT2D eigenvalue weighted by Gasteiger charge is 2.26. The predicted octanol–water partition coefficient (Wildman–Crippen LogP) is 3.14. The number of halogens is 3. The van der Waals surface area contributed by atoms with E-state index in [1.54, 1.807) is 12.3 Å². The third-order valence-electron chi connectivity index (χ3n) is 2.31. The Morgan fingerprint density at radius 2 is 2.19 bits per heavy atom. The summed E-state index contributed by atoms with van der Waals surface area (Å²) >= 11 is 0. The fraction of sp³-hybridized carbons (Fsp3) is 0.636. The van der Waals surface area contributed by atoms with Crippen LogP contribution in [-0.4, -0.2) is 18.8 Å². The van der Waals surface area contributed by atoms with Gasteiger partial charge in [-0.1, -0.05) is 0 Å². The molecule has 92 valence electrons. The number of furan rings is 1. The molecule has 16 heavy (non-hydrogen) atoms. The molecule has 0 aliphatic rings. The summed E-state index contributed by atoms with van der Waals surface area (Å²) in [5.41, 5.74) is 0. The van der Waals surface area contributed by atoms with E-state index in [1.807, 2.05) is 13.0 Å². The zero-order chi connectivity index (χ0) is 12.0. The maximum atomic E-state index is 11.9. The van der Waals surface area contributed by atoms with E-state index in [0.29, 0.717) is 0 Å². The highest BCUT2D eigenvalue weighted by molar-refractivity contribution is 4.98. The first-order chi connectivity index (χ1) is 7.47. The van der Waals surface area contributed by atoms with E-state index in [9.17, 15) is 13.2 Å². The number of alkyl halides is 3. The number of rotatable bonds is 6. The summed E-state index contributed by atoms with van der Waals surface area (Å²) in [6, 6.07) is 3.73. The fourth-order valence-corrected chi connectivity index (χ4v) is 1.38. The molecule has 0 saturated heterocycles. The van der Waals surface area contributed by atoms with Crippen LogP contribution in [0.5, 0.6) is 0 Å². The molecule has 0 saturated carbocycles. The minimum atomic E-state index is -4.08. The van der Waals surface area contributed by atoms with Gasteiger partial charge in [0.15, 0.2) is 0 Å². The molecule has 2 nitrogen and oxygen atoms in total. The summed E-state index contributed by atoms with van der Waals surface area (Å²) in [6.07, 6.45) is -1.75. The van der Waals surface area contributed by atoms with E-state index in [0.717, 1.165) is 18.6 Å². The van der Waals surface area contributed by atoms with Crippen molar-refractivity contribution in [3.63, 3.8) is 0 Å². The van der Waals surface area contributed by atoms with E-state index >= 15 is 0 Å². The first-order valence-corrected chi connectivity index (χ1v) is 5.30. The second-order valence-electron chi connectivity index (χ2n) is 3.84. The molecule has 0 spiro atoms. The summed E-state index contributed by atoms with van der Waals surface area (Å²) in [7, 11) is 0. The zero-order valence-corrected chi connectivity index (χ0v) is 9.18. The van der Waals surface area contributed by atoms with E-state index in [-0.39, 0.29) is 12.6 Å². The van der Waals surface area contributed by atoms with E-state index in [4.69, 9.17) is 4.42 Å². The molecule has 0 aliphatic heterocycles. The SMILES string of the molecule is CC(CCc1ccco1)NCCC(F)(F)F. The average molecular weight is 235 g/mol. The van der Waals surface area contributed by atoms with Gasteiger partial charge in [-0.05, 0) is 25.5 Å². The maximum absolute atomic E-state index is 11.9. The Hall–Kier alpha value is -0.970. The number of nitrogens with one attached hydrogen (secondary N) is 1.